The third kappa shape index (κ3) is 3.23. The van der Waals surface area contributed by atoms with Gasteiger partial charge >= 0.3 is 0 Å². The van der Waals surface area contributed by atoms with Crippen LogP contribution >= 0.6 is 11.6 Å². The lowest BCUT2D eigenvalue weighted by Crippen LogP contribution is -1.97. The molecule has 0 fully saturated rings. The van der Waals surface area contributed by atoms with Crippen LogP contribution in [-0.2, 0) is 6.42 Å². The van der Waals surface area contributed by atoms with Crippen molar-refractivity contribution in [3.63, 3.8) is 0 Å². The molecule has 0 saturated heterocycles. The van der Waals surface area contributed by atoms with Crippen LogP contribution in [0.3, 0.4) is 0 Å². The van der Waals surface area contributed by atoms with Crippen molar-refractivity contribution >= 4 is 11.6 Å². The number of alkyl halides is 1. The highest BCUT2D eigenvalue weighted by Crippen LogP contribution is 2.16. The Morgan fingerprint density at radius 2 is 2.28 bits per heavy atom. The second-order valence-electron chi connectivity index (χ2n) is 3.88. The number of halogens is 1. The molecule has 0 saturated carbocycles. The van der Waals surface area contributed by atoms with E-state index in [0.29, 0.717) is 12.5 Å². The first-order chi connectivity index (χ1) is 8.83. The molecule has 18 heavy (non-hydrogen) atoms. The normalized spacial score (nSPS) is 10.6. The van der Waals surface area contributed by atoms with Crippen molar-refractivity contribution in [2.75, 3.05) is 12.5 Å². The second kappa shape index (κ2) is 6.40. The number of aryl methyl sites for hydroxylation is 1. The Morgan fingerprint density at radius 3 is 3.06 bits per heavy atom. The minimum Gasteiger partial charge on any atom is -0.494 e. The van der Waals surface area contributed by atoms with Gasteiger partial charge in [-0.3, -0.25) is 0 Å². The molecular weight excluding hydrogens is 250 g/mol. The molecule has 2 aromatic rings. The fourth-order valence-electron chi connectivity index (χ4n) is 1.67. The zero-order valence-corrected chi connectivity index (χ0v) is 11.1. The van der Waals surface area contributed by atoms with Gasteiger partial charge in [-0.05, 0) is 31.9 Å². The monoisotopic (exact) mass is 265 g/mol. The van der Waals surface area contributed by atoms with Crippen molar-refractivity contribution in [1.82, 2.24) is 15.0 Å². The van der Waals surface area contributed by atoms with E-state index < -0.39 is 0 Å². The van der Waals surface area contributed by atoms with E-state index in [1.165, 1.54) is 0 Å². The van der Waals surface area contributed by atoms with Crippen molar-refractivity contribution in [3.05, 3.63) is 36.2 Å². The number of ether oxygens (including phenoxy) is 1. The topological polar surface area (TPSA) is 39.9 Å². The highest BCUT2D eigenvalue weighted by atomic mass is 35.5. The van der Waals surface area contributed by atoms with E-state index in [0.717, 1.165) is 30.0 Å². The zero-order chi connectivity index (χ0) is 12.8. The first-order valence-electron chi connectivity index (χ1n) is 6.04. The number of rotatable bonds is 6. The molecule has 0 bridgehead atoms. The summed E-state index contributed by atoms with van der Waals surface area (Å²) in [5, 5.41) is 8.23. The van der Waals surface area contributed by atoms with E-state index in [9.17, 15) is 0 Å². The Bertz CT molecular complexity index is 498. The lowest BCUT2D eigenvalue weighted by molar-refractivity contribution is 0.340. The molecule has 2 rings (SSSR count). The molecular formula is C13H16ClN3O. The summed E-state index contributed by atoms with van der Waals surface area (Å²) in [6.45, 7) is 2.62. The predicted molar refractivity (Wildman–Crippen MR) is 71.6 cm³/mol. The fourth-order valence-corrected chi connectivity index (χ4v) is 1.80. The van der Waals surface area contributed by atoms with Gasteiger partial charge in [0.05, 0.1) is 24.2 Å². The number of hydrogen-bond donors (Lipinski definition) is 0. The van der Waals surface area contributed by atoms with E-state index in [1.807, 2.05) is 37.4 Å². The number of nitrogens with zero attached hydrogens (tertiary/aromatic N) is 3. The molecule has 0 aliphatic carbocycles. The minimum absolute atomic E-state index is 0.646. The van der Waals surface area contributed by atoms with E-state index in [-0.39, 0.29) is 0 Å². The summed E-state index contributed by atoms with van der Waals surface area (Å²) in [7, 11) is 0. The van der Waals surface area contributed by atoms with Crippen LogP contribution < -0.4 is 4.74 Å². The number of hydrogen-bond acceptors (Lipinski definition) is 3. The van der Waals surface area contributed by atoms with Crippen molar-refractivity contribution in [2.45, 2.75) is 19.8 Å². The first-order valence-corrected chi connectivity index (χ1v) is 6.57. The maximum atomic E-state index is 5.66. The van der Waals surface area contributed by atoms with Crippen LogP contribution in [0.1, 0.15) is 19.0 Å². The van der Waals surface area contributed by atoms with Crippen LogP contribution in [0.4, 0.5) is 0 Å². The summed E-state index contributed by atoms with van der Waals surface area (Å²) in [6.07, 6.45) is 3.70. The molecule has 1 aromatic carbocycles. The second-order valence-corrected chi connectivity index (χ2v) is 4.26. The van der Waals surface area contributed by atoms with Gasteiger partial charge in [-0.1, -0.05) is 11.3 Å². The van der Waals surface area contributed by atoms with Crippen LogP contribution in [0, 0.1) is 0 Å². The smallest absolute Gasteiger partial charge is 0.121 e. The van der Waals surface area contributed by atoms with E-state index in [1.54, 1.807) is 4.68 Å². The Balaban J connectivity index is 2.15. The van der Waals surface area contributed by atoms with Crippen molar-refractivity contribution in [1.29, 1.82) is 0 Å². The third-order valence-electron chi connectivity index (χ3n) is 2.50. The van der Waals surface area contributed by atoms with Crippen LogP contribution in [0.5, 0.6) is 5.75 Å². The van der Waals surface area contributed by atoms with E-state index in [4.69, 9.17) is 16.3 Å². The summed E-state index contributed by atoms with van der Waals surface area (Å²) in [5.41, 5.74) is 1.91. The van der Waals surface area contributed by atoms with Gasteiger partial charge < -0.3 is 4.74 Å². The molecule has 96 valence electrons. The summed E-state index contributed by atoms with van der Waals surface area (Å²) in [6, 6.07) is 7.80. The van der Waals surface area contributed by atoms with Crippen LogP contribution in [0.25, 0.3) is 5.69 Å². The van der Waals surface area contributed by atoms with Gasteiger partial charge in [0.15, 0.2) is 0 Å². The quantitative estimate of drug-likeness (QED) is 0.754. The Kier molecular flexibility index (Phi) is 4.59. The van der Waals surface area contributed by atoms with Crippen LogP contribution in [-0.4, -0.2) is 27.5 Å². The molecule has 0 aliphatic heterocycles. The Morgan fingerprint density at radius 1 is 1.39 bits per heavy atom. The maximum Gasteiger partial charge on any atom is 0.121 e. The Labute approximate surface area is 112 Å². The molecule has 0 unspecified atom stereocenters. The molecule has 1 heterocycles. The average Bonchev–Trinajstić information content (AvgIpc) is 2.86. The van der Waals surface area contributed by atoms with Gasteiger partial charge in [0, 0.05) is 11.9 Å². The molecule has 0 radical (unpaired) electrons. The third-order valence-corrected chi connectivity index (χ3v) is 2.77. The van der Waals surface area contributed by atoms with Gasteiger partial charge in [0.1, 0.15) is 5.75 Å². The fraction of sp³-hybridized carbons (Fsp3) is 0.385. The molecule has 1 aromatic heterocycles. The minimum atomic E-state index is 0.646. The summed E-state index contributed by atoms with van der Waals surface area (Å²) in [4.78, 5) is 0. The SMILES string of the molecule is CCOc1cccc(-n2cc(CCCCl)nn2)c1. The van der Waals surface area contributed by atoms with Gasteiger partial charge in [-0.25, -0.2) is 4.68 Å². The molecule has 0 aliphatic rings. The van der Waals surface area contributed by atoms with E-state index >= 15 is 0 Å². The standard InChI is InChI=1S/C13H16ClN3O/c1-2-18-13-7-3-6-12(9-13)17-10-11(15-16-17)5-4-8-14/h3,6-7,9-10H,2,4-5,8H2,1H3. The lowest BCUT2D eigenvalue weighted by Gasteiger charge is -2.05. The van der Waals surface area contributed by atoms with Crippen molar-refractivity contribution in [3.8, 4) is 11.4 Å². The highest BCUT2D eigenvalue weighted by Gasteiger charge is 2.03. The van der Waals surface area contributed by atoms with Gasteiger partial charge in [0.2, 0.25) is 0 Å². The molecule has 4 nitrogen and oxygen atoms in total. The summed E-state index contributed by atoms with van der Waals surface area (Å²) >= 11 is 5.66. The molecule has 0 amide bonds. The zero-order valence-electron chi connectivity index (χ0n) is 10.3. The highest BCUT2D eigenvalue weighted by molar-refractivity contribution is 6.17. The summed E-state index contributed by atoms with van der Waals surface area (Å²) in [5.74, 6) is 1.49. The molecule has 5 heteroatoms. The average molecular weight is 266 g/mol. The van der Waals surface area contributed by atoms with Crippen LogP contribution in [0.2, 0.25) is 0 Å². The number of benzene rings is 1. The molecule has 0 N–H and O–H groups in total. The van der Waals surface area contributed by atoms with Crippen molar-refractivity contribution < 1.29 is 4.74 Å². The van der Waals surface area contributed by atoms with Gasteiger partial charge in [-0.2, -0.15) is 0 Å². The Hall–Kier alpha value is -1.55. The van der Waals surface area contributed by atoms with Crippen LogP contribution in [0.15, 0.2) is 30.5 Å². The lowest BCUT2D eigenvalue weighted by atomic mass is 10.2. The molecule has 0 atom stereocenters. The first kappa shape index (κ1) is 12.9. The molecule has 0 spiro atoms. The van der Waals surface area contributed by atoms with E-state index in [2.05, 4.69) is 10.3 Å². The largest absolute Gasteiger partial charge is 0.494 e. The maximum absolute atomic E-state index is 5.66. The van der Waals surface area contributed by atoms with Gasteiger partial charge in [-0.15, -0.1) is 16.7 Å². The van der Waals surface area contributed by atoms with Gasteiger partial charge in [0.25, 0.3) is 0 Å². The van der Waals surface area contributed by atoms with Crippen molar-refractivity contribution in [2.24, 2.45) is 0 Å². The summed E-state index contributed by atoms with van der Waals surface area (Å²) < 4.78 is 7.22. The predicted octanol–water partition coefficient (Wildman–Crippen LogP) is 2.84. The number of aromatic nitrogens is 3.